The number of hydrogen-bond donors (Lipinski definition) is 1. The molecule has 5 aromatic rings. The molecule has 0 spiro atoms. The quantitative estimate of drug-likeness (QED) is 0.518. The van der Waals surface area contributed by atoms with Gasteiger partial charge in [0, 0.05) is 17.1 Å². The van der Waals surface area contributed by atoms with Crippen LogP contribution in [0.3, 0.4) is 0 Å². The van der Waals surface area contributed by atoms with E-state index in [1.165, 1.54) is 6.33 Å². The highest BCUT2D eigenvalue weighted by atomic mass is 16.3. The zero-order chi connectivity index (χ0) is 18.2. The summed E-state index contributed by atoms with van der Waals surface area (Å²) >= 11 is 0. The minimum absolute atomic E-state index is 0.173. The average molecular weight is 355 g/mol. The fourth-order valence-electron chi connectivity index (χ4n) is 3.29. The van der Waals surface area contributed by atoms with Gasteiger partial charge in [0.2, 0.25) is 0 Å². The molecule has 0 aliphatic heterocycles. The lowest BCUT2D eigenvalue weighted by Gasteiger charge is -2.19. The molecule has 0 saturated carbocycles. The van der Waals surface area contributed by atoms with Crippen LogP contribution in [0, 0.1) is 6.92 Å². The molecule has 0 radical (unpaired) electrons. The van der Waals surface area contributed by atoms with Gasteiger partial charge in [-0.25, -0.2) is 4.98 Å². The first-order valence-electron chi connectivity index (χ1n) is 8.75. The number of benzene rings is 2. The van der Waals surface area contributed by atoms with E-state index in [1.54, 1.807) is 4.52 Å². The first kappa shape index (κ1) is 15.6. The molecule has 3 aromatic heterocycles. The zero-order valence-electron chi connectivity index (χ0n) is 14.7. The van der Waals surface area contributed by atoms with E-state index in [1.807, 2.05) is 49.4 Å². The Bertz CT molecular complexity index is 1190. The van der Waals surface area contributed by atoms with E-state index < -0.39 is 0 Å². The average Bonchev–Trinajstić information content (AvgIpc) is 3.33. The topological polar surface area (TPSA) is 68.2 Å². The molecule has 132 valence electrons. The first-order valence-corrected chi connectivity index (χ1v) is 8.75. The number of anilines is 1. The van der Waals surface area contributed by atoms with Gasteiger partial charge in [0.1, 0.15) is 29.5 Å². The van der Waals surface area contributed by atoms with E-state index in [-0.39, 0.29) is 6.04 Å². The Morgan fingerprint density at radius 2 is 1.81 bits per heavy atom. The second-order valence-corrected chi connectivity index (χ2v) is 6.43. The molecule has 1 N–H and O–H groups in total. The van der Waals surface area contributed by atoms with Crippen LogP contribution in [0.1, 0.15) is 23.1 Å². The van der Waals surface area contributed by atoms with E-state index in [4.69, 9.17) is 4.42 Å². The van der Waals surface area contributed by atoms with Crippen molar-refractivity contribution in [1.29, 1.82) is 0 Å². The largest absolute Gasteiger partial charge is 0.459 e. The van der Waals surface area contributed by atoms with Crippen molar-refractivity contribution < 1.29 is 4.42 Å². The van der Waals surface area contributed by atoms with Crippen LogP contribution >= 0.6 is 0 Å². The van der Waals surface area contributed by atoms with Gasteiger partial charge in [-0.3, -0.25) is 0 Å². The Kier molecular flexibility index (Phi) is 3.60. The Hall–Kier alpha value is -3.67. The number of para-hydroxylation sites is 1. The van der Waals surface area contributed by atoms with Crippen LogP contribution in [0.5, 0.6) is 0 Å². The summed E-state index contributed by atoms with van der Waals surface area (Å²) in [6.45, 7) is 1.94. The molecule has 0 unspecified atom stereocenters. The highest BCUT2D eigenvalue weighted by molar-refractivity contribution is 5.78. The Labute approximate surface area is 155 Å². The van der Waals surface area contributed by atoms with Gasteiger partial charge >= 0.3 is 0 Å². The van der Waals surface area contributed by atoms with E-state index in [0.717, 1.165) is 33.8 Å². The summed E-state index contributed by atoms with van der Waals surface area (Å²) in [7, 11) is 0. The van der Waals surface area contributed by atoms with E-state index in [2.05, 4.69) is 44.6 Å². The van der Waals surface area contributed by atoms with Crippen molar-refractivity contribution in [1.82, 2.24) is 19.6 Å². The molecule has 1 atom stereocenters. The monoisotopic (exact) mass is 355 g/mol. The van der Waals surface area contributed by atoms with Gasteiger partial charge in [-0.15, -0.1) is 0 Å². The summed E-state index contributed by atoms with van der Waals surface area (Å²) in [5, 5.41) is 8.94. The number of aryl methyl sites for hydroxylation is 1. The molecule has 0 aliphatic carbocycles. The summed E-state index contributed by atoms with van der Waals surface area (Å²) < 4.78 is 7.86. The lowest BCUT2D eigenvalue weighted by molar-refractivity contribution is 0.535. The second kappa shape index (κ2) is 6.25. The summed E-state index contributed by atoms with van der Waals surface area (Å²) in [6, 6.07) is 22.1. The van der Waals surface area contributed by atoms with Crippen molar-refractivity contribution in [2.45, 2.75) is 13.0 Å². The molecule has 6 heteroatoms. The molecule has 0 amide bonds. The van der Waals surface area contributed by atoms with Gasteiger partial charge in [-0.2, -0.15) is 14.6 Å². The molecule has 0 bridgehead atoms. The van der Waals surface area contributed by atoms with Crippen molar-refractivity contribution in [2.75, 3.05) is 5.32 Å². The summed E-state index contributed by atoms with van der Waals surface area (Å²) in [4.78, 5) is 8.61. The van der Waals surface area contributed by atoms with Crippen molar-refractivity contribution in [2.24, 2.45) is 0 Å². The molecule has 27 heavy (non-hydrogen) atoms. The van der Waals surface area contributed by atoms with Crippen LogP contribution < -0.4 is 5.32 Å². The van der Waals surface area contributed by atoms with Crippen molar-refractivity contribution in [3.8, 4) is 0 Å². The van der Waals surface area contributed by atoms with Gasteiger partial charge in [0.15, 0.2) is 0 Å². The van der Waals surface area contributed by atoms with Gasteiger partial charge in [-0.05, 0) is 24.6 Å². The summed E-state index contributed by atoms with van der Waals surface area (Å²) in [6.07, 6.45) is 1.51. The smallest absolute Gasteiger partial charge is 0.254 e. The minimum Gasteiger partial charge on any atom is -0.459 e. The predicted molar refractivity (Wildman–Crippen MR) is 104 cm³/mol. The maximum absolute atomic E-state index is 6.16. The lowest BCUT2D eigenvalue weighted by Crippen LogP contribution is -2.15. The van der Waals surface area contributed by atoms with Gasteiger partial charge in [0.05, 0.1) is 0 Å². The third kappa shape index (κ3) is 2.81. The Morgan fingerprint density at radius 3 is 2.67 bits per heavy atom. The second-order valence-electron chi connectivity index (χ2n) is 6.43. The standard InChI is InChI=1S/C21H17N5O/c1-14-11-19(26-21(24-14)22-13-23-26)25-20(15-7-3-2-4-8-15)18-12-16-9-5-6-10-17(16)27-18/h2-13,20,25H,1H3/t20-/m1/s1. The lowest BCUT2D eigenvalue weighted by atomic mass is 10.0. The van der Waals surface area contributed by atoms with Crippen LogP contribution in [-0.4, -0.2) is 19.6 Å². The molecule has 6 nitrogen and oxygen atoms in total. The summed E-state index contributed by atoms with van der Waals surface area (Å²) in [5.74, 6) is 2.21. The molecule has 5 rings (SSSR count). The van der Waals surface area contributed by atoms with Crippen LogP contribution in [0.2, 0.25) is 0 Å². The normalized spacial score (nSPS) is 12.5. The Balaban J connectivity index is 1.65. The predicted octanol–water partition coefficient (Wildman–Crippen LogP) is 4.38. The van der Waals surface area contributed by atoms with Gasteiger partial charge in [-0.1, -0.05) is 48.5 Å². The van der Waals surface area contributed by atoms with Crippen molar-refractivity contribution in [3.05, 3.63) is 90.1 Å². The van der Waals surface area contributed by atoms with E-state index >= 15 is 0 Å². The number of nitrogens with one attached hydrogen (secondary N) is 1. The van der Waals surface area contributed by atoms with Crippen LogP contribution in [-0.2, 0) is 0 Å². The van der Waals surface area contributed by atoms with Gasteiger partial charge < -0.3 is 9.73 Å². The fraction of sp³-hybridized carbons (Fsp3) is 0.0952. The number of furan rings is 1. The molecule has 0 fully saturated rings. The maximum Gasteiger partial charge on any atom is 0.254 e. The number of rotatable bonds is 4. The van der Waals surface area contributed by atoms with E-state index in [9.17, 15) is 0 Å². The van der Waals surface area contributed by atoms with Crippen molar-refractivity contribution in [3.63, 3.8) is 0 Å². The molecule has 3 heterocycles. The van der Waals surface area contributed by atoms with Crippen LogP contribution in [0.25, 0.3) is 16.7 Å². The summed E-state index contributed by atoms with van der Waals surface area (Å²) in [5.41, 5.74) is 2.83. The van der Waals surface area contributed by atoms with Crippen LogP contribution in [0.4, 0.5) is 5.82 Å². The van der Waals surface area contributed by atoms with Crippen molar-refractivity contribution >= 4 is 22.6 Å². The minimum atomic E-state index is -0.173. The zero-order valence-corrected chi connectivity index (χ0v) is 14.7. The molecular weight excluding hydrogens is 338 g/mol. The number of nitrogens with zero attached hydrogens (tertiary/aromatic N) is 4. The molecule has 0 aliphatic rings. The maximum atomic E-state index is 6.16. The fourth-order valence-corrected chi connectivity index (χ4v) is 3.29. The number of fused-ring (bicyclic) bond motifs is 2. The Morgan fingerprint density at radius 1 is 1.00 bits per heavy atom. The highest BCUT2D eigenvalue weighted by Gasteiger charge is 2.20. The third-order valence-electron chi connectivity index (χ3n) is 4.53. The SMILES string of the molecule is Cc1cc(N[C@H](c2ccccc2)c2cc3ccccc3o2)n2ncnc2n1. The molecule has 0 saturated heterocycles. The molecule has 2 aromatic carbocycles. The first-order chi connectivity index (χ1) is 13.3. The number of hydrogen-bond acceptors (Lipinski definition) is 5. The van der Waals surface area contributed by atoms with E-state index in [0.29, 0.717) is 5.78 Å². The molecular formula is C21H17N5O. The van der Waals surface area contributed by atoms with Crippen LogP contribution in [0.15, 0.2) is 77.5 Å². The third-order valence-corrected chi connectivity index (χ3v) is 4.53. The highest BCUT2D eigenvalue weighted by Crippen LogP contribution is 2.31. The number of aromatic nitrogens is 4. The van der Waals surface area contributed by atoms with Gasteiger partial charge in [0.25, 0.3) is 5.78 Å².